The van der Waals surface area contributed by atoms with Crippen molar-refractivity contribution >= 4 is 23.5 Å². The van der Waals surface area contributed by atoms with E-state index < -0.39 is 53.4 Å². The number of esters is 2. The minimum atomic E-state index is -1.16. The van der Waals surface area contributed by atoms with Gasteiger partial charge >= 0.3 is 11.9 Å². The second kappa shape index (κ2) is 7.28. The zero-order valence-electron chi connectivity index (χ0n) is 20.7. The summed E-state index contributed by atoms with van der Waals surface area (Å²) in [4.78, 5) is 53.4. The predicted octanol–water partition coefficient (Wildman–Crippen LogP) is 2.95. The molecule has 0 aromatic heterocycles. The van der Waals surface area contributed by atoms with Crippen LogP contribution in [0.15, 0.2) is 59.8 Å². The summed E-state index contributed by atoms with van der Waals surface area (Å²) in [6.07, 6.45) is 0.904. The first kappa shape index (κ1) is 23.1. The smallest absolute Gasteiger partial charge is 0.334 e. The summed E-state index contributed by atoms with van der Waals surface area (Å²) in [5.41, 5.74) is 1.98. The minimum Gasteiger partial charge on any atom is -0.458 e. The molecule has 0 aromatic carbocycles. The number of fused-ring (bicyclic) bond motifs is 7. The highest BCUT2D eigenvalue weighted by atomic mass is 16.6. The Morgan fingerprint density at radius 1 is 0.811 bits per heavy atom. The molecule has 37 heavy (non-hydrogen) atoms. The Hall–Kier alpha value is -3.06. The van der Waals surface area contributed by atoms with Crippen LogP contribution in [-0.2, 0) is 28.7 Å². The van der Waals surface area contributed by atoms with E-state index >= 15 is 0 Å². The average molecular weight is 503 g/mol. The lowest BCUT2D eigenvalue weighted by Crippen LogP contribution is -2.48. The normalized spacial score (nSPS) is 46.5. The average Bonchev–Trinajstić information content (AvgIpc) is 3.43. The highest BCUT2D eigenvalue weighted by Gasteiger charge is 2.70. The molecule has 1 N–H and O–H groups in total. The van der Waals surface area contributed by atoms with E-state index in [1.165, 1.54) is 0 Å². The van der Waals surface area contributed by atoms with Crippen molar-refractivity contribution in [3.8, 4) is 0 Å². The molecule has 2 saturated heterocycles. The third-order valence-electron chi connectivity index (χ3n) is 10.7. The van der Waals surface area contributed by atoms with Crippen LogP contribution in [0.5, 0.6) is 0 Å². The number of ketones is 2. The fourth-order valence-corrected chi connectivity index (χ4v) is 9.16. The van der Waals surface area contributed by atoms with Crippen molar-refractivity contribution in [1.82, 2.24) is 0 Å². The number of aliphatic hydroxyl groups is 1. The van der Waals surface area contributed by atoms with Crippen LogP contribution in [-0.4, -0.2) is 46.9 Å². The van der Waals surface area contributed by atoms with Gasteiger partial charge in [-0.05, 0) is 49.5 Å². The van der Waals surface area contributed by atoms with Gasteiger partial charge in [0, 0.05) is 46.5 Å². The van der Waals surface area contributed by atoms with E-state index in [1.54, 1.807) is 0 Å². The third-order valence-corrected chi connectivity index (χ3v) is 10.7. The maximum absolute atomic E-state index is 14.2. The number of carbonyl (C=O) groups is 4. The van der Waals surface area contributed by atoms with Crippen LogP contribution in [0.3, 0.4) is 0 Å². The van der Waals surface area contributed by atoms with E-state index in [0.717, 1.165) is 24.0 Å². The van der Waals surface area contributed by atoms with Gasteiger partial charge in [0.25, 0.3) is 0 Å². The van der Waals surface area contributed by atoms with E-state index in [9.17, 15) is 24.3 Å². The highest BCUT2D eigenvalue weighted by molar-refractivity contribution is 6.17. The van der Waals surface area contributed by atoms with Crippen molar-refractivity contribution in [1.29, 1.82) is 0 Å². The van der Waals surface area contributed by atoms with Crippen molar-refractivity contribution in [2.45, 2.75) is 56.8 Å². The highest BCUT2D eigenvalue weighted by Crippen LogP contribution is 2.67. The molecular formula is C30H30O7. The molecule has 5 aliphatic carbocycles. The number of rotatable bonds is 0. The standard InChI is InChI=1S/C30H30O7/c1-11-9-18(31)20-14(4)29(35)37-27(20)23-17(11)10-19(32)30(23)8-7-15-5-6-16-12(2)28(34)36-26(16)21-13(3)25(33)24(30)22(15)21/h15-18,20-21,23,26-27,31H,1-10H2/t15-,16-,17-,18+,20+,21-,23-,26-,27-,30+/m0/s1. The summed E-state index contributed by atoms with van der Waals surface area (Å²) < 4.78 is 11.7. The number of hydrogen-bond donors (Lipinski definition) is 1. The molecule has 0 unspecified atom stereocenters. The van der Waals surface area contributed by atoms with Gasteiger partial charge < -0.3 is 14.6 Å². The van der Waals surface area contributed by atoms with Crippen molar-refractivity contribution < 1.29 is 33.8 Å². The monoisotopic (exact) mass is 502 g/mol. The van der Waals surface area contributed by atoms with Gasteiger partial charge in [-0.3, -0.25) is 9.59 Å². The maximum Gasteiger partial charge on any atom is 0.334 e. The van der Waals surface area contributed by atoms with Crippen LogP contribution in [0.1, 0.15) is 38.5 Å². The summed E-state index contributed by atoms with van der Waals surface area (Å²) in [7, 11) is 0. The van der Waals surface area contributed by atoms with Gasteiger partial charge in [-0.2, -0.15) is 0 Å². The number of carbonyl (C=O) groups excluding carboxylic acids is 4. The van der Waals surface area contributed by atoms with Crippen LogP contribution in [0.2, 0.25) is 0 Å². The third kappa shape index (κ3) is 2.61. The number of hydrogen-bond acceptors (Lipinski definition) is 7. The van der Waals surface area contributed by atoms with Crippen LogP contribution in [0, 0.1) is 40.9 Å². The van der Waals surface area contributed by atoms with Gasteiger partial charge in [-0.15, -0.1) is 0 Å². The topological polar surface area (TPSA) is 107 Å². The molecule has 5 fully saturated rings. The maximum atomic E-state index is 14.2. The van der Waals surface area contributed by atoms with Crippen molar-refractivity contribution in [2.75, 3.05) is 0 Å². The molecule has 0 radical (unpaired) electrons. The predicted molar refractivity (Wildman–Crippen MR) is 130 cm³/mol. The molecule has 7 rings (SSSR count). The van der Waals surface area contributed by atoms with E-state index in [1.807, 2.05) is 0 Å². The lowest BCUT2D eigenvalue weighted by atomic mass is 9.57. The molecule has 10 atom stereocenters. The van der Waals surface area contributed by atoms with E-state index in [2.05, 4.69) is 26.3 Å². The zero-order chi connectivity index (χ0) is 26.1. The summed E-state index contributed by atoms with van der Waals surface area (Å²) in [5.74, 6) is -3.34. The lowest BCUT2D eigenvalue weighted by Gasteiger charge is -2.44. The van der Waals surface area contributed by atoms with E-state index in [4.69, 9.17) is 9.47 Å². The molecule has 2 heterocycles. The second-order valence-corrected chi connectivity index (χ2v) is 12.1. The number of aliphatic hydroxyl groups excluding tert-OH is 1. The van der Waals surface area contributed by atoms with Gasteiger partial charge in [0.15, 0.2) is 5.78 Å². The summed E-state index contributed by atoms with van der Waals surface area (Å²) >= 11 is 0. The van der Waals surface area contributed by atoms with Gasteiger partial charge in [-0.1, -0.05) is 31.9 Å². The number of ether oxygens (including phenoxy) is 2. The molecule has 7 aliphatic rings. The number of allylic oxidation sites excluding steroid dienone is 1. The summed E-state index contributed by atoms with van der Waals surface area (Å²) in [6.45, 7) is 16.3. The SMILES string of the molecule is C=C1C(=O)C2=C3[C@@H](CC[C@H]4C(=C)C(=O)O[C@@H]4[C@@H]13)CC[C@]21C(=O)C[C@H]2C(=C)C[C@@H](O)[C@H]3C(=C)C(=O)O[C@@H]3[C@H]21. The van der Waals surface area contributed by atoms with Crippen LogP contribution < -0.4 is 0 Å². The molecule has 3 saturated carbocycles. The first-order chi connectivity index (χ1) is 17.6. The molecule has 2 aliphatic heterocycles. The largest absolute Gasteiger partial charge is 0.458 e. The quantitative estimate of drug-likeness (QED) is 0.308. The van der Waals surface area contributed by atoms with Crippen molar-refractivity contribution in [3.05, 3.63) is 59.8 Å². The molecule has 0 bridgehead atoms. The van der Waals surface area contributed by atoms with Gasteiger partial charge in [0.1, 0.15) is 18.0 Å². The Morgan fingerprint density at radius 3 is 2.27 bits per heavy atom. The molecule has 0 aromatic rings. The van der Waals surface area contributed by atoms with Gasteiger partial charge in [0.2, 0.25) is 0 Å². The Kier molecular flexibility index (Phi) is 4.54. The first-order valence-corrected chi connectivity index (χ1v) is 13.2. The first-order valence-electron chi connectivity index (χ1n) is 13.2. The Morgan fingerprint density at radius 2 is 1.51 bits per heavy atom. The van der Waals surface area contributed by atoms with Crippen LogP contribution in [0.25, 0.3) is 0 Å². The number of Topliss-reactive ketones (excluding diaryl/α,β-unsaturated/α-hetero) is 2. The van der Waals surface area contributed by atoms with Gasteiger partial charge in [-0.25, -0.2) is 9.59 Å². The summed E-state index contributed by atoms with van der Waals surface area (Å²) in [5, 5.41) is 11.0. The molecule has 192 valence electrons. The molecule has 7 nitrogen and oxygen atoms in total. The Balaban J connectivity index is 1.44. The fraction of sp³-hybridized carbons (Fsp3) is 0.533. The van der Waals surface area contributed by atoms with Gasteiger partial charge in [0.05, 0.1) is 17.4 Å². The molecular weight excluding hydrogens is 472 g/mol. The van der Waals surface area contributed by atoms with E-state index in [-0.39, 0.29) is 47.7 Å². The van der Waals surface area contributed by atoms with E-state index in [0.29, 0.717) is 29.6 Å². The zero-order valence-corrected chi connectivity index (χ0v) is 20.7. The molecule has 0 amide bonds. The lowest BCUT2D eigenvalue weighted by molar-refractivity contribution is -0.146. The van der Waals surface area contributed by atoms with Crippen LogP contribution in [0.4, 0.5) is 0 Å². The Labute approximate surface area is 215 Å². The van der Waals surface area contributed by atoms with Crippen LogP contribution >= 0.6 is 0 Å². The Bertz CT molecular complexity index is 1310. The second-order valence-electron chi connectivity index (χ2n) is 12.1. The molecule has 1 spiro atoms. The summed E-state index contributed by atoms with van der Waals surface area (Å²) in [6, 6.07) is 0. The van der Waals surface area contributed by atoms with Crippen molar-refractivity contribution in [3.63, 3.8) is 0 Å². The van der Waals surface area contributed by atoms with Crippen molar-refractivity contribution in [2.24, 2.45) is 40.9 Å². The minimum absolute atomic E-state index is 0.0382. The molecule has 7 heteroatoms. The fourth-order valence-electron chi connectivity index (χ4n) is 9.16.